The van der Waals surface area contributed by atoms with Gasteiger partial charge in [-0.1, -0.05) is 26.2 Å². The number of rotatable bonds is 5. The highest BCUT2D eigenvalue weighted by molar-refractivity contribution is 7.10. The summed E-state index contributed by atoms with van der Waals surface area (Å²) in [6.07, 6.45) is 6.46. The van der Waals surface area contributed by atoms with Gasteiger partial charge in [0.1, 0.15) is 10.6 Å². The minimum absolute atomic E-state index is 0.335. The van der Waals surface area contributed by atoms with Crippen molar-refractivity contribution >= 4 is 22.5 Å². The van der Waals surface area contributed by atoms with E-state index in [0.29, 0.717) is 16.3 Å². The van der Waals surface area contributed by atoms with E-state index in [0.717, 1.165) is 24.8 Å². The number of nitrogens with one attached hydrogen (secondary N) is 1. The van der Waals surface area contributed by atoms with Crippen molar-refractivity contribution in [1.82, 2.24) is 4.37 Å². The molecule has 0 radical (unpaired) electrons. The van der Waals surface area contributed by atoms with E-state index in [9.17, 15) is 4.79 Å². The van der Waals surface area contributed by atoms with Gasteiger partial charge in [-0.05, 0) is 43.1 Å². The number of aryl methyl sites for hydroxylation is 1. The van der Waals surface area contributed by atoms with Crippen molar-refractivity contribution in [3.8, 4) is 0 Å². The Bertz CT molecular complexity index is 445. The summed E-state index contributed by atoms with van der Waals surface area (Å²) in [5, 5.41) is 13.1. The highest BCUT2D eigenvalue weighted by Gasteiger charge is 2.20. The molecule has 0 saturated heterocycles. The summed E-state index contributed by atoms with van der Waals surface area (Å²) in [6.45, 7) is 4.92. The summed E-state index contributed by atoms with van der Waals surface area (Å²) in [5.74, 6) is 0.748. The molecule has 4 nitrogen and oxygen atoms in total. The number of aromatic nitrogens is 1. The Labute approximate surface area is 118 Å². The van der Waals surface area contributed by atoms with Gasteiger partial charge in [-0.15, -0.1) is 0 Å². The SMILES string of the molecule is Cc1nsc(NCCC2CCCC(C)C2)c1C(=O)O. The fraction of sp³-hybridized carbons (Fsp3) is 0.714. The van der Waals surface area contributed by atoms with Crippen LogP contribution in [0, 0.1) is 18.8 Å². The van der Waals surface area contributed by atoms with Gasteiger partial charge in [-0.3, -0.25) is 0 Å². The molecule has 19 heavy (non-hydrogen) atoms. The lowest BCUT2D eigenvalue weighted by Crippen LogP contribution is -2.17. The van der Waals surface area contributed by atoms with E-state index in [2.05, 4.69) is 16.6 Å². The third-order valence-corrected chi connectivity index (χ3v) is 4.86. The monoisotopic (exact) mass is 282 g/mol. The summed E-state index contributed by atoms with van der Waals surface area (Å²) in [6, 6.07) is 0. The van der Waals surface area contributed by atoms with Crippen molar-refractivity contribution in [2.75, 3.05) is 11.9 Å². The van der Waals surface area contributed by atoms with Crippen molar-refractivity contribution in [2.45, 2.75) is 46.0 Å². The highest BCUT2D eigenvalue weighted by Crippen LogP contribution is 2.31. The molecule has 1 aromatic rings. The zero-order valence-corrected chi connectivity index (χ0v) is 12.4. The largest absolute Gasteiger partial charge is 0.478 e. The van der Waals surface area contributed by atoms with Crippen LogP contribution in [0.4, 0.5) is 5.00 Å². The van der Waals surface area contributed by atoms with Crippen LogP contribution in [0.3, 0.4) is 0 Å². The molecule has 1 fully saturated rings. The Kier molecular flexibility index (Phi) is 4.80. The van der Waals surface area contributed by atoms with Gasteiger partial charge < -0.3 is 10.4 Å². The molecule has 0 bridgehead atoms. The molecule has 0 aliphatic heterocycles. The molecule has 0 amide bonds. The zero-order chi connectivity index (χ0) is 13.8. The molecule has 1 heterocycles. The number of nitrogens with zero attached hydrogens (tertiary/aromatic N) is 1. The van der Waals surface area contributed by atoms with Gasteiger partial charge in [-0.2, -0.15) is 4.37 Å². The zero-order valence-electron chi connectivity index (χ0n) is 11.6. The average Bonchev–Trinajstić information content (AvgIpc) is 2.71. The Balaban J connectivity index is 1.84. The van der Waals surface area contributed by atoms with Crippen molar-refractivity contribution < 1.29 is 9.90 Å². The van der Waals surface area contributed by atoms with Gasteiger partial charge in [0.15, 0.2) is 0 Å². The molecule has 1 aromatic heterocycles. The standard InChI is InChI=1S/C14H22N2O2S/c1-9-4-3-5-11(8-9)6-7-15-13-12(14(17)18)10(2)16-19-13/h9,11,15H,3-8H2,1-2H3,(H,17,18). The number of carboxylic acid groups (broad SMARTS) is 1. The molecule has 106 valence electrons. The van der Waals surface area contributed by atoms with Crippen LogP contribution in [-0.4, -0.2) is 22.0 Å². The van der Waals surface area contributed by atoms with E-state index < -0.39 is 5.97 Å². The van der Waals surface area contributed by atoms with Gasteiger partial charge in [0.05, 0.1) is 5.69 Å². The average molecular weight is 282 g/mol. The fourth-order valence-electron chi connectivity index (χ4n) is 2.95. The lowest BCUT2D eigenvalue weighted by molar-refractivity contribution is 0.0697. The maximum absolute atomic E-state index is 11.1. The smallest absolute Gasteiger partial charge is 0.340 e. The molecule has 2 N–H and O–H groups in total. The third kappa shape index (κ3) is 3.69. The van der Waals surface area contributed by atoms with E-state index >= 15 is 0 Å². The first kappa shape index (κ1) is 14.3. The Morgan fingerprint density at radius 2 is 2.32 bits per heavy atom. The molecule has 1 aliphatic rings. The minimum Gasteiger partial charge on any atom is -0.478 e. The first-order chi connectivity index (χ1) is 9.08. The molecule has 0 aromatic carbocycles. The second-order valence-corrected chi connectivity index (χ2v) is 6.40. The van der Waals surface area contributed by atoms with Crippen LogP contribution >= 0.6 is 11.5 Å². The summed E-state index contributed by atoms with van der Waals surface area (Å²) >= 11 is 1.25. The molecule has 1 saturated carbocycles. The molecular weight excluding hydrogens is 260 g/mol. The molecule has 2 atom stereocenters. The minimum atomic E-state index is -0.889. The predicted octanol–water partition coefficient (Wildman–Crippen LogP) is 3.78. The fourth-order valence-corrected chi connectivity index (χ4v) is 3.77. The van der Waals surface area contributed by atoms with E-state index in [1.165, 1.54) is 37.2 Å². The second-order valence-electron chi connectivity index (χ2n) is 5.63. The van der Waals surface area contributed by atoms with Crippen molar-refractivity contribution in [2.24, 2.45) is 11.8 Å². The Morgan fingerprint density at radius 3 is 3.00 bits per heavy atom. The van der Waals surface area contributed by atoms with Crippen LogP contribution in [0.25, 0.3) is 0 Å². The molecule has 0 spiro atoms. The van der Waals surface area contributed by atoms with Crippen LogP contribution in [0.1, 0.15) is 55.1 Å². The third-order valence-electron chi connectivity index (χ3n) is 3.96. The Morgan fingerprint density at radius 1 is 1.53 bits per heavy atom. The molecule has 5 heteroatoms. The highest BCUT2D eigenvalue weighted by atomic mass is 32.1. The van der Waals surface area contributed by atoms with Crippen LogP contribution in [0.5, 0.6) is 0 Å². The van der Waals surface area contributed by atoms with Crippen LogP contribution in [0.15, 0.2) is 0 Å². The topological polar surface area (TPSA) is 62.2 Å². The van der Waals surface area contributed by atoms with Crippen molar-refractivity contribution in [3.63, 3.8) is 0 Å². The number of carbonyl (C=O) groups is 1. The van der Waals surface area contributed by atoms with Gasteiger partial charge in [0, 0.05) is 6.54 Å². The van der Waals surface area contributed by atoms with E-state index in [1.54, 1.807) is 6.92 Å². The molecular formula is C14H22N2O2S. The Hall–Kier alpha value is -1.10. The number of hydrogen-bond donors (Lipinski definition) is 2. The number of hydrogen-bond acceptors (Lipinski definition) is 4. The van der Waals surface area contributed by atoms with Crippen LogP contribution < -0.4 is 5.32 Å². The lowest BCUT2D eigenvalue weighted by atomic mass is 9.81. The van der Waals surface area contributed by atoms with Gasteiger partial charge in [0.25, 0.3) is 0 Å². The normalized spacial score (nSPS) is 23.3. The van der Waals surface area contributed by atoms with Crippen LogP contribution in [0.2, 0.25) is 0 Å². The first-order valence-corrected chi connectivity index (χ1v) is 7.78. The summed E-state index contributed by atoms with van der Waals surface area (Å²) < 4.78 is 4.11. The predicted molar refractivity (Wildman–Crippen MR) is 78.0 cm³/mol. The summed E-state index contributed by atoms with van der Waals surface area (Å²) in [7, 11) is 0. The van der Waals surface area contributed by atoms with Crippen molar-refractivity contribution in [1.29, 1.82) is 0 Å². The molecule has 1 aliphatic carbocycles. The van der Waals surface area contributed by atoms with Gasteiger partial charge in [0.2, 0.25) is 0 Å². The second kappa shape index (κ2) is 6.37. The number of carboxylic acids is 1. The molecule has 2 unspecified atom stereocenters. The van der Waals surface area contributed by atoms with Gasteiger partial charge >= 0.3 is 5.97 Å². The number of aromatic carboxylic acids is 1. The lowest BCUT2D eigenvalue weighted by Gasteiger charge is -2.26. The maximum Gasteiger partial charge on any atom is 0.340 e. The van der Waals surface area contributed by atoms with Crippen molar-refractivity contribution in [3.05, 3.63) is 11.3 Å². The van der Waals surface area contributed by atoms with E-state index in [-0.39, 0.29) is 0 Å². The maximum atomic E-state index is 11.1. The van der Waals surface area contributed by atoms with Crippen LogP contribution in [-0.2, 0) is 0 Å². The summed E-state index contributed by atoms with van der Waals surface area (Å²) in [4.78, 5) is 11.1. The van der Waals surface area contributed by atoms with E-state index in [1.807, 2.05) is 0 Å². The quantitative estimate of drug-likeness (QED) is 0.862. The summed E-state index contributed by atoms with van der Waals surface area (Å²) in [5.41, 5.74) is 0.938. The number of anilines is 1. The first-order valence-electron chi connectivity index (χ1n) is 7.01. The van der Waals surface area contributed by atoms with E-state index in [4.69, 9.17) is 5.11 Å². The van der Waals surface area contributed by atoms with Gasteiger partial charge in [-0.25, -0.2) is 4.79 Å². The molecule has 2 rings (SSSR count).